The maximum absolute atomic E-state index is 5.81. The number of hydrogen-bond acceptors (Lipinski definition) is 3. The molecule has 1 fully saturated rings. The first-order valence-electron chi connectivity index (χ1n) is 6.28. The Morgan fingerprint density at radius 3 is 2.29 bits per heavy atom. The molecule has 0 N–H and O–H groups in total. The molecular weight excluding hydrogens is 214 g/mol. The van der Waals surface area contributed by atoms with E-state index in [2.05, 4.69) is 37.8 Å². The summed E-state index contributed by atoms with van der Waals surface area (Å²) in [6.07, 6.45) is 0. The predicted octanol–water partition coefficient (Wildman–Crippen LogP) is 2.44. The highest BCUT2D eigenvalue weighted by Crippen LogP contribution is 2.31. The highest BCUT2D eigenvalue weighted by atomic mass is 16.6. The summed E-state index contributed by atoms with van der Waals surface area (Å²) >= 11 is 0. The molecule has 2 rings (SSSR count). The number of rotatable bonds is 6. The zero-order chi connectivity index (χ0) is 12.3. The summed E-state index contributed by atoms with van der Waals surface area (Å²) in [5.74, 6) is 0.914. The largest absolute Gasteiger partial charge is 0.489 e. The van der Waals surface area contributed by atoms with E-state index in [-0.39, 0.29) is 5.72 Å². The van der Waals surface area contributed by atoms with Gasteiger partial charge in [-0.1, -0.05) is 31.5 Å². The average molecular weight is 235 g/mol. The number of nitrogens with zero attached hydrogens (tertiary/aromatic N) is 1. The first kappa shape index (κ1) is 12.4. The minimum Gasteiger partial charge on any atom is -0.489 e. The topological polar surface area (TPSA) is 25.0 Å². The number of ether oxygens (including phenoxy) is 2. The molecule has 1 aliphatic heterocycles. The van der Waals surface area contributed by atoms with Crippen molar-refractivity contribution in [2.75, 3.05) is 26.3 Å². The van der Waals surface area contributed by atoms with Gasteiger partial charge in [-0.2, -0.15) is 0 Å². The molecule has 3 heteroatoms. The molecule has 1 aromatic rings. The molecule has 1 saturated heterocycles. The summed E-state index contributed by atoms with van der Waals surface area (Å²) in [5.41, 5.74) is 1.08. The summed E-state index contributed by atoms with van der Waals surface area (Å²) in [6.45, 7) is 9.75. The molecule has 1 aromatic carbocycles. The summed E-state index contributed by atoms with van der Waals surface area (Å²) in [7, 11) is 0. The molecule has 0 radical (unpaired) electrons. The zero-order valence-corrected chi connectivity index (χ0v) is 10.9. The Morgan fingerprint density at radius 1 is 1.24 bits per heavy atom. The van der Waals surface area contributed by atoms with E-state index >= 15 is 0 Å². The van der Waals surface area contributed by atoms with E-state index < -0.39 is 0 Å². The lowest BCUT2D eigenvalue weighted by Crippen LogP contribution is -2.42. The van der Waals surface area contributed by atoms with Crippen LogP contribution in [0, 0.1) is 6.92 Å². The van der Waals surface area contributed by atoms with E-state index in [9.17, 15) is 0 Å². The smallest absolute Gasteiger partial charge is 0.179 e. The highest BCUT2D eigenvalue weighted by molar-refractivity contribution is 5.26. The standard InChI is InChI=1S/C14H21NO2/c1-4-15(5-2)14(11-17-14)10-16-13-8-6-12(3)7-9-13/h6-9H,4-5,10-11H2,1-3H3. The van der Waals surface area contributed by atoms with Crippen molar-refractivity contribution in [2.45, 2.75) is 26.5 Å². The molecule has 1 unspecified atom stereocenters. The van der Waals surface area contributed by atoms with Gasteiger partial charge in [0.15, 0.2) is 5.72 Å². The van der Waals surface area contributed by atoms with Crippen LogP contribution in [0.25, 0.3) is 0 Å². The van der Waals surface area contributed by atoms with Crippen LogP contribution in [-0.4, -0.2) is 36.9 Å². The molecular formula is C14H21NO2. The van der Waals surface area contributed by atoms with Crippen LogP contribution < -0.4 is 4.74 Å². The van der Waals surface area contributed by atoms with Crippen LogP contribution in [0.4, 0.5) is 0 Å². The van der Waals surface area contributed by atoms with E-state index in [4.69, 9.17) is 9.47 Å². The van der Waals surface area contributed by atoms with Gasteiger partial charge in [-0.05, 0) is 32.1 Å². The van der Waals surface area contributed by atoms with Gasteiger partial charge in [0, 0.05) is 0 Å². The molecule has 1 aliphatic rings. The minimum atomic E-state index is -0.172. The maximum Gasteiger partial charge on any atom is 0.179 e. The van der Waals surface area contributed by atoms with Gasteiger partial charge in [-0.15, -0.1) is 0 Å². The average Bonchev–Trinajstić information content (AvgIpc) is 3.11. The molecule has 0 saturated carbocycles. The monoisotopic (exact) mass is 235 g/mol. The first-order valence-corrected chi connectivity index (χ1v) is 6.28. The van der Waals surface area contributed by atoms with Crippen LogP contribution in [0.1, 0.15) is 19.4 Å². The lowest BCUT2D eigenvalue weighted by molar-refractivity contribution is 0.0425. The third-order valence-corrected chi connectivity index (χ3v) is 3.30. The maximum atomic E-state index is 5.81. The second-order valence-electron chi connectivity index (χ2n) is 4.51. The number of epoxide rings is 1. The van der Waals surface area contributed by atoms with Crippen molar-refractivity contribution >= 4 is 0 Å². The number of hydrogen-bond donors (Lipinski definition) is 0. The van der Waals surface area contributed by atoms with E-state index in [0.717, 1.165) is 25.4 Å². The third kappa shape index (κ3) is 2.79. The zero-order valence-electron chi connectivity index (χ0n) is 10.9. The van der Waals surface area contributed by atoms with E-state index in [1.807, 2.05) is 12.1 Å². The predicted molar refractivity (Wildman–Crippen MR) is 68.3 cm³/mol. The molecule has 17 heavy (non-hydrogen) atoms. The van der Waals surface area contributed by atoms with Crippen molar-refractivity contribution in [3.8, 4) is 5.75 Å². The Kier molecular flexibility index (Phi) is 3.69. The van der Waals surface area contributed by atoms with Gasteiger partial charge >= 0.3 is 0 Å². The summed E-state index contributed by atoms with van der Waals surface area (Å²) in [6, 6.07) is 8.14. The van der Waals surface area contributed by atoms with Crippen molar-refractivity contribution in [1.29, 1.82) is 0 Å². The second-order valence-corrected chi connectivity index (χ2v) is 4.51. The fourth-order valence-corrected chi connectivity index (χ4v) is 2.07. The van der Waals surface area contributed by atoms with Crippen molar-refractivity contribution in [3.63, 3.8) is 0 Å². The normalized spacial score (nSPS) is 22.8. The fraction of sp³-hybridized carbons (Fsp3) is 0.571. The molecule has 0 aromatic heterocycles. The van der Waals surface area contributed by atoms with Crippen molar-refractivity contribution in [3.05, 3.63) is 29.8 Å². The molecule has 94 valence electrons. The van der Waals surface area contributed by atoms with Gasteiger partial charge in [-0.3, -0.25) is 4.90 Å². The minimum absolute atomic E-state index is 0.172. The van der Waals surface area contributed by atoms with Crippen molar-refractivity contribution < 1.29 is 9.47 Å². The van der Waals surface area contributed by atoms with Crippen molar-refractivity contribution in [2.24, 2.45) is 0 Å². The molecule has 0 amide bonds. The Bertz CT molecular complexity index is 353. The molecule has 0 spiro atoms. The van der Waals surface area contributed by atoms with Crippen LogP contribution in [-0.2, 0) is 4.74 Å². The Morgan fingerprint density at radius 2 is 1.82 bits per heavy atom. The van der Waals surface area contributed by atoms with Crippen LogP contribution in [0.5, 0.6) is 5.75 Å². The Hall–Kier alpha value is -1.06. The van der Waals surface area contributed by atoms with Crippen LogP contribution in [0.2, 0.25) is 0 Å². The molecule has 3 nitrogen and oxygen atoms in total. The lowest BCUT2D eigenvalue weighted by Gasteiger charge is -2.26. The van der Waals surface area contributed by atoms with Gasteiger partial charge < -0.3 is 9.47 Å². The fourth-order valence-electron chi connectivity index (χ4n) is 2.07. The van der Waals surface area contributed by atoms with E-state index in [0.29, 0.717) is 6.61 Å². The van der Waals surface area contributed by atoms with E-state index in [1.165, 1.54) is 5.56 Å². The number of likely N-dealkylation sites (N-methyl/N-ethyl adjacent to an activating group) is 1. The van der Waals surface area contributed by atoms with Crippen LogP contribution >= 0.6 is 0 Å². The van der Waals surface area contributed by atoms with E-state index in [1.54, 1.807) is 0 Å². The Balaban J connectivity index is 1.91. The van der Waals surface area contributed by atoms with Crippen molar-refractivity contribution in [1.82, 2.24) is 4.90 Å². The third-order valence-electron chi connectivity index (χ3n) is 3.30. The van der Waals surface area contributed by atoms with Gasteiger partial charge in [0.1, 0.15) is 12.4 Å². The highest BCUT2D eigenvalue weighted by Gasteiger charge is 2.50. The molecule has 1 atom stereocenters. The summed E-state index contributed by atoms with van der Waals surface area (Å²) in [4.78, 5) is 2.31. The number of aryl methyl sites for hydroxylation is 1. The first-order chi connectivity index (χ1) is 8.20. The van der Waals surface area contributed by atoms with Gasteiger partial charge in [0.25, 0.3) is 0 Å². The number of benzene rings is 1. The second kappa shape index (κ2) is 5.07. The molecule has 0 bridgehead atoms. The summed E-state index contributed by atoms with van der Waals surface area (Å²) < 4.78 is 11.4. The van der Waals surface area contributed by atoms with Gasteiger partial charge in [0.05, 0.1) is 6.61 Å². The van der Waals surface area contributed by atoms with Crippen LogP contribution in [0.15, 0.2) is 24.3 Å². The summed E-state index contributed by atoms with van der Waals surface area (Å²) in [5, 5.41) is 0. The quantitative estimate of drug-likeness (QED) is 0.708. The van der Waals surface area contributed by atoms with Gasteiger partial charge in [0.2, 0.25) is 0 Å². The SMILES string of the molecule is CCN(CC)C1(COc2ccc(C)cc2)CO1. The van der Waals surface area contributed by atoms with Gasteiger partial charge in [-0.25, -0.2) is 0 Å². The van der Waals surface area contributed by atoms with Crippen LogP contribution in [0.3, 0.4) is 0 Å². The molecule has 1 heterocycles. The molecule has 0 aliphatic carbocycles. The lowest BCUT2D eigenvalue weighted by atomic mass is 10.2. The Labute approximate surface area is 103 Å².